The molecule has 2 aliphatic rings. The molecule has 1 aliphatic carbocycles. The second-order valence-electron chi connectivity index (χ2n) is 6.74. The average Bonchev–Trinajstić information content (AvgIpc) is 3.11. The normalized spacial score (nSPS) is 24.5. The summed E-state index contributed by atoms with van der Waals surface area (Å²) in [5, 5.41) is 7.32. The highest BCUT2D eigenvalue weighted by atomic mass is 35.5. The molecule has 1 aliphatic heterocycles. The third kappa shape index (κ3) is 2.01. The summed E-state index contributed by atoms with van der Waals surface area (Å²) < 4.78 is 0. The third-order valence-corrected chi connectivity index (χ3v) is 5.84. The van der Waals surface area contributed by atoms with Gasteiger partial charge in [0.15, 0.2) is 0 Å². The number of benzene rings is 3. The van der Waals surface area contributed by atoms with Crippen molar-refractivity contribution >= 4 is 28.1 Å². The lowest BCUT2D eigenvalue weighted by molar-refractivity contribution is 0.427. The maximum absolute atomic E-state index is 6.51. The van der Waals surface area contributed by atoms with Gasteiger partial charge in [0.1, 0.15) is 0 Å². The quantitative estimate of drug-likeness (QED) is 0.514. The largest absolute Gasteiger partial charge is 0.378 e. The van der Waals surface area contributed by atoms with E-state index in [1.807, 2.05) is 12.1 Å². The predicted octanol–water partition coefficient (Wildman–Crippen LogP) is 6.32. The molecule has 24 heavy (non-hydrogen) atoms. The maximum atomic E-state index is 6.51. The number of allylic oxidation sites excluding steroid dienone is 2. The van der Waals surface area contributed by atoms with E-state index in [9.17, 15) is 0 Å². The van der Waals surface area contributed by atoms with Gasteiger partial charge < -0.3 is 5.32 Å². The zero-order chi connectivity index (χ0) is 16.1. The molecule has 0 unspecified atom stereocenters. The Morgan fingerprint density at radius 1 is 0.917 bits per heavy atom. The van der Waals surface area contributed by atoms with E-state index >= 15 is 0 Å². The molecule has 0 saturated heterocycles. The van der Waals surface area contributed by atoms with E-state index in [1.54, 1.807) is 0 Å². The highest BCUT2D eigenvalue weighted by molar-refractivity contribution is 6.31. The number of hydrogen-bond acceptors (Lipinski definition) is 1. The van der Waals surface area contributed by atoms with E-state index < -0.39 is 0 Å². The fraction of sp³-hybridized carbons (Fsp3) is 0.182. The second-order valence-corrected chi connectivity index (χ2v) is 7.15. The van der Waals surface area contributed by atoms with Crippen LogP contribution in [-0.2, 0) is 0 Å². The van der Waals surface area contributed by atoms with Gasteiger partial charge in [0.2, 0.25) is 0 Å². The van der Waals surface area contributed by atoms with E-state index in [4.69, 9.17) is 11.6 Å². The van der Waals surface area contributed by atoms with Gasteiger partial charge >= 0.3 is 0 Å². The van der Waals surface area contributed by atoms with Gasteiger partial charge in [0.25, 0.3) is 0 Å². The molecule has 1 heterocycles. The molecule has 5 rings (SSSR count). The Kier molecular flexibility index (Phi) is 3.17. The van der Waals surface area contributed by atoms with Crippen LogP contribution < -0.4 is 5.32 Å². The van der Waals surface area contributed by atoms with Gasteiger partial charge in [-0.2, -0.15) is 0 Å². The van der Waals surface area contributed by atoms with Crippen LogP contribution in [0, 0.1) is 5.92 Å². The first-order valence-electron chi connectivity index (χ1n) is 8.52. The van der Waals surface area contributed by atoms with E-state index in [0.29, 0.717) is 11.8 Å². The van der Waals surface area contributed by atoms with Gasteiger partial charge in [-0.3, -0.25) is 0 Å². The molecule has 1 nitrogen and oxygen atoms in total. The van der Waals surface area contributed by atoms with Crippen LogP contribution in [0.25, 0.3) is 10.8 Å². The van der Waals surface area contributed by atoms with Crippen LogP contribution in [0.4, 0.5) is 5.69 Å². The Balaban J connectivity index is 1.71. The Labute approximate surface area is 147 Å². The third-order valence-electron chi connectivity index (χ3n) is 5.50. The molecule has 0 saturated carbocycles. The SMILES string of the molecule is Clc1ccccc1[C@@H]1Nc2ccc3ccccc3c2[C@H]2C=CC[C@H]21. The van der Waals surface area contributed by atoms with Crippen LogP contribution in [-0.4, -0.2) is 0 Å². The summed E-state index contributed by atoms with van der Waals surface area (Å²) >= 11 is 6.51. The van der Waals surface area contributed by atoms with Crippen molar-refractivity contribution in [2.75, 3.05) is 5.32 Å². The van der Waals surface area contributed by atoms with Crippen LogP contribution in [0.1, 0.15) is 29.5 Å². The molecule has 0 amide bonds. The highest BCUT2D eigenvalue weighted by Crippen LogP contribution is 2.52. The monoisotopic (exact) mass is 331 g/mol. The Morgan fingerprint density at radius 2 is 1.75 bits per heavy atom. The standard InChI is InChI=1S/C22H18ClN/c23-19-11-4-3-8-18(19)22-17-10-5-9-16(17)21-15-7-2-1-6-14(15)12-13-20(21)24-22/h1-9,11-13,16-17,22,24H,10H2/t16-,17+,22+/m0/s1. The lowest BCUT2D eigenvalue weighted by atomic mass is 9.75. The van der Waals surface area contributed by atoms with Crippen molar-refractivity contribution in [3.05, 3.63) is 89.0 Å². The predicted molar refractivity (Wildman–Crippen MR) is 102 cm³/mol. The van der Waals surface area contributed by atoms with Crippen LogP contribution in [0.5, 0.6) is 0 Å². The molecule has 0 bridgehead atoms. The average molecular weight is 332 g/mol. The van der Waals surface area contributed by atoms with Crippen LogP contribution in [0.15, 0.2) is 72.8 Å². The molecule has 0 fully saturated rings. The minimum atomic E-state index is 0.257. The van der Waals surface area contributed by atoms with Crippen LogP contribution in [0.2, 0.25) is 5.02 Å². The smallest absolute Gasteiger partial charge is 0.0568 e. The number of anilines is 1. The van der Waals surface area contributed by atoms with E-state index in [2.05, 4.69) is 66.0 Å². The van der Waals surface area contributed by atoms with Gasteiger partial charge in [-0.05, 0) is 46.4 Å². The van der Waals surface area contributed by atoms with Gasteiger partial charge in [0, 0.05) is 16.6 Å². The number of fused-ring (bicyclic) bond motifs is 5. The fourth-order valence-electron chi connectivity index (χ4n) is 4.42. The van der Waals surface area contributed by atoms with Crippen molar-refractivity contribution in [1.29, 1.82) is 0 Å². The molecule has 3 atom stereocenters. The molecule has 0 aromatic heterocycles. The van der Waals surface area contributed by atoms with E-state index in [1.165, 1.54) is 27.6 Å². The maximum Gasteiger partial charge on any atom is 0.0568 e. The van der Waals surface area contributed by atoms with Crippen LogP contribution in [0.3, 0.4) is 0 Å². The van der Waals surface area contributed by atoms with E-state index in [0.717, 1.165) is 11.4 Å². The van der Waals surface area contributed by atoms with Gasteiger partial charge in [-0.15, -0.1) is 0 Å². The summed E-state index contributed by atoms with van der Waals surface area (Å²) in [6, 6.07) is 21.6. The Morgan fingerprint density at radius 3 is 2.67 bits per heavy atom. The Hall–Kier alpha value is -2.25. The summed E-state index contributed by atoms with van der Waals surface area (Å²) in [7, 11) is 0. The molecule has 2 heteroatoms. The highest BCUT2D eigenvalue weighted by Gasteiger charge is 2.39. The molecule has 0 spiro atoms. The summed E-state index contributed by atoms with van der Waals surface area (Å²) in [6.45, 7) is 0. The molecule has 3 aromatic carbocycles. The van der Waals surface area contributed by atoms with Crippen LogP contribution >= 0.6 is 11.6 Å². The molecule has 3 aromatic rings. The van der Waals surface area contributed by atoms with Gasteiger partial charge in [-0.1, -0.05) is 72.3 Å². The van der Waals surface area contributed by atoms with Crippen molar-refractivity contribution in [2.45, 2.75) is 18.4 Å². The number of hydrogen-bond donors (Lipinski definition) is 1. The summed E-state index contributed by atoms with van der Waals surface area (Å²) in [5.74, 6) is 0.969. The molecule has 118 valence electrons. The van der Waals surface area contributed by atoms with Gasteiger partial charge in [-0.25, -0.2) is 0 Å². The summed E-state index contributed by atoms with van der Waals surface area (Å²) in [4.78, 5) is 0. The molecule has 0 radical (unpaired) electrons. The lowest BCUT2D eigenvalue weighted by Crippen LogP contribution is -2.29. The minimum Gasteiger partial charge on any atom is -0.378 e. The van der Waals surface area contributed by atoms with Crippen molar-refractivity contribution < 1.29 is 0 Å². The zero-order valence-electron chi connectivity index (χ0n) is 13.2. The Bertz CT molecular complexity index is 959. The first-order valence-corrected chi connectivity index (χ1v) is 8.90. The van der Waals surface area contributed by atoms with Crippen molar-refractivity contribution in [1.82, 2.24) is 0 Å². The van der Waals surface area contributed by atoms with Crippen molar-refractivity contribution in [3.8, 4) is 0 Å². The molecular formula is C22H18ClN. The van der Waals surface area contributed by atoms with Crippen molar-refractivity contribution in [3.63, 3.8) is 0 Å². The zero-order valence-corrected chi connectivity index (χ0v) is 14.0. The number of halogens is 1. The molecule has 1 N–H and O–H groups in total. The number of rotatable bonds is 1. The topological polar surface area (TPSA) is 12.0 Å². The second kappa shape index (κ2) is 5.39. The minimum absolute atomic E-state index is 0.257. The number of nitrogens with one attached hydrogen (secondary N) is 1. The van der Waals surface area contributed by atoms with E-state index in [-0.39, 0.29) is 6.04 Å². The summed E-state index contributed by atoms with van der Waals surface area (Å²) in [6.07, 6.45) is 5.81. The molecular weight excluding hydrogens is 314 g/mol. The first kappa shape index (κ1) is 14.1. The first-order chi connectivity index (χ1) is 11.8. The summed E-state index contributed by atoms with van der Waals surface area (Å²) in [5.41, 5.74) is 3.89. The fourth-order valence-corrected chi connectivity index (χ4v) is 4.67. The van der Waals surface area contributed by atoms with Gasteiger partial charge in [0.05, 0.1) is 6.04 Å². The lowest BCUT2D eigenvalue weighted by Gasteiger charge is -2.38. The van der Waals surface area contributed by atoms with Crippen molar-refractivity contribution in [2.24, 2.45) is 5.92 Å².